The molecule has 0 radical (unpaired) electrons. The summed E-state index contributed by atoms with van der Waals surface area (Å²) in [5.41, 5.74) is 1.39. The summed E-state index contributed by atoms with van der Waals surface area (Å²) >= 11 is 7.63. The van der Waals surface area contributed by atoms with Crippen LogP contribution >= 0.6 is 22.9 Å². The SMILES string of the molecule is CN(C)Cc1nc2sc3c(c2c(=O)n1CCCCOc1ccc(Cl)cc1)CCCC3. The Kier molecular flexibility index (Phi) is 6.76. The molecule has 0 atom stereocenters. The summed E-state index contributed by atoms with van der Waals surface area (Å²) in [6, 6.07) is 7.40. The summed E-state index contributed by atoms with van der Waals surface area (Å²) in [5, 5.41) is 1.57. The number of benzene rings is 1. The first-order valence-electron chi connectivity index (χ1n) is 10.6. The Morgan fingerprint density at radius 2 is 1.93 bits per heavy atom. The third kappa shape index (κ3) is 4.71. The van der Waals surface area contributed by atoms with Crippen LogP contribution in [0.3, 0.4) is 0 Å². The molecular formula is C23H28ClN3O2S. The molecule has 4 rings (SSSR count). The smallest absolute Gasteiger partial charge is 0.262 e. The van der Waals surface area contributed by atoms with Crippen LogP contribution in [0.2, 0.25) is 5.02 Å². The normalized spacial score (nSPS) is 13.7. The summed E-state index contributed by atoms with van der Waals surface area (Å²) in [6.07, 6.45) is 6.21. The summed E-state index contributed by atoms with van der Waals surface area (Å²) in [6.45, 7) is 1.94. The second-order valence-electron chi connectivity index (χ2n) is 8.12. The number of aryl methyl sites for hydroxylation is 2. The average Bonchev–Trinajstić information content (AvgIpc) is 3.09. The molecule has 0 aliphatic heterocycles. The van der Waals surface area contributed by atoms with Crippen LogP contribution in [0, 0.1) is 0 Å². The minimum Gasteiger partial charge on any atom is -0.494 e. The van der Waals surface area contributed by atoms with Crippen molar-refractivity contribution in [1.29, 1.82) is 0 Å². The van der Waals surface area contributed by atoms with E-state index in [-0.39, 0.29) is 5.56 Å². The highest BCUT2D eigenvalue weighted by Gasteiger charge is 2.22. The molecule has 7 heteroatoms. The Hall–Kier alpha value is -1.89. The number of halogens is 1. The fourth-order valence-corrected chi connectivity index (χ4v) is 5.40. The predicted molar refractivity (Wildman–Crippen MR) is 124 cm³/mol. The zero-order valence-electron chi connectivity index (χ0n) is 17.6. The van der Waals surface area contributed by atoms with Gasteiger partial charge in [-0.3, -0.25) is 9.36 Å². The van der Waals surface area contributed by atoms with Crippen LogP contribution in [0.1, 0.15) is 41.9 Å². The Labute approximate surface area is 186 Å². The van der Waals surface area contributed by atoms with E-state index in [4.69, 9.17) is 21.3 Å². The van der Waals surface area contributed by atoms with E-state index >= 15 is 0 Å². The molecule has 0 unspecified atom stereocenters. The van der Waals surface area contributed by atoms with Gasteiger partial charge in [0.2, 0.25) is 0 Å². The van der Waals surface area contributed by atoms with E-state index in [1.165, 1.54) is 23.3 Å². The standard InChI is InChI=1S/C23H28ClN3O2S/c1-26(2)15-20-25-22-21(18-7-3-4-8-19(18)30-22)23(28)27(20)13-5-6-14-29-17-11-9-16(24)10-12-17/h9-12H,3-8,13-15H2,1-2H3. The molecule has 5 nitrogen and oxygen atoms in total. The first-order chi connectivity index (χ1) is 14.5. The van der Waals surface area contributed by atoms with Crippen molar-refractivity contribution in [2.75, 3.05) is 20.7 Å². The Morgan fingerprint density at radius 3 is 2.70 bits per heavy atom. The highest BCUT2D eigenvalue weighted by molar-refractivity contribution is 7.18. The van der Waals surface area contributed by atoms with E-state index in [1.807, 2.05) is 42.9 Å². The molecular weight excluding hydrogens is 418 g/mol. The first-order valence-corrected chi connectivity index (χ1v) is 11.8. The van der Waals surface area contributed by atoms with Gasteiger partial charge in [-0.2, -0.15) is 0 Å². The third-order valence-corrected chi connectivity index (χ3v) is 6.91. The topological polar surface area (TPSA) is 47.4 Å². The molecule has 1 aliphatic rings. The number of ether oxygens (including phenoxy) is 1. The van der Waals surface area contributed by atoms with Crippen molar-refractivity contribution >= 4 is 33.2 Å². The number of thiophene rings is 1. The lowest BCUT2D eigenvalue weighted by atomic mass is 9.97. The molecule has 30 heavy (non-hydrogen) atoms. The first kappa shape index (κ1) is 21.3. The zero-order chi connectivity index (χ0) is 21.1. The molecule has 2 heterocycles. The Balaban J connectivity index is 1.50. The highest BCUT2D eigenvalue weighted by Crippen LogP contribution is 2.33. The second kappa shape index (κ2) is 9.50. The van der Waals surface area contributed by atoms with Crippen molar-refractivity contribution in [1.82, 2.24) is 14.5 Å². The number of hydrogen-bond acceptors (Lipinski definition) is 5. The molecule has 1 aliphatic carbocycles. The van der Waals surface area contributed by atoms with E-state index in [0.29, 0.717) is 24.7 Å². The number of aromatic nitrogens is 2. The van der Waals surface area contributed by atoms with E-state index in [2.05, 4.69) is 4.90 Å². The van der Waals surface area contributed by atoms with Gasteiger partial charge in [0.25, 0.3) is 5.56 Å². The van der Waals surface area contributed by atoms with E-state index < -0.39 is 0 Å². The monoisotopic (exact) mass is 445 g/mol. The van der Waals surface area contributed by atoms with Gasteiger partial charge < -0.3 is 9.64 Å². The highest BCUT2D eigenvalue weighted by atomic mass is 35.5. The van der Waals surface area contributed by atoms with E-state index in [9.17, 15) is 4.79 Å². The molecule has 0 saturated heterocycles. The van der Waals surface area contributed by atoms with Gasteiger partial charge in [0, 0.05) is 16.4 Å². The fourth-order valence-electron chi connectivity index (χ4n) is 4.01. The summed E-state index contributed by atoms with van der Waals surface area (Å²) < 4.78 is 7.68. The van der Waals surface area contributed by atoms with Gasteiger partial charge in [0.15, 0.2) is 0 Å². The Morgan fingerprint density at radius 1 is 1.17 bits per heavy atom. The fraction of sp³-hybridized carbons (Fsp3) is 0.478. The number of hydrogen-bond donors (Lipinski definition) is 0. The summed E-state index contributed by atoms with van der Waals surface area (Å²) in [7, 11) is 4.03. The molecule has 0 saturated carbocycles. The van der Waals surface area contributed by atoms with Crippen molar-refractivity contribution in [2.45, 2.75) is 51.6 Å². The van der Waals surface area contributed by atoms with E-state index in [1.54, 1.807) is 11.3 Å². The van der Waals surface area contributed by atoms with Crippen molar-refractivity contribution in [3.63, 3.8) is 0 Å². The van der Waals surface area contributed by atoms with Gasteiger partial charge in [0.05, 0.1) is 18.5 Å². The van der Waals surface area contributed by atoms with Crippen LogP contribution in [-0.2, 0) is 25.9 Å². The van der Waals surface area contributed by atoms with Crippen LogP contribution < -0.4 is 10.3 Å². The minimum atomic E-state index is 0.134. The Bertz CT molecular complexity index is 1070. The molecule has 1 aromatic carbocycles. The van der Waals surface area contributed by atoms with Gasteiger partial charge in [-0.25, -0.2) is 4.98 Å². The zero-order valence-corrected chi connectivity index (χ0v) is 19.2. The van der Waals surface area contributed by atoms with Crippen molar-refractivity contribution in [3.05, 3.63) is 55.9 Å². The second-order valence-corrected chi connectivity index (χ2v) is 9.64. The maximum Gasteiger partial charge on any atom is 0.262 e. The van der Waals surface area contributed by atoms with Crippen molar-refractivity contribution < 1.29 is 4.74 Å². The van der Waals surface area contributed by atoms with Gasteiger partial charge >= 0.3 is 0 Å². The number of rotatable bonds is 8. The third-order valence-electron chi connectivity index (χ3n) is 5.47. The van der Waals surface area contributed by atoms with E-state index in [0.717, 1.165) is 47.5 Å². The molecule has 2 aromatic heterocycles. The summed E-state index contributed by atoms with van der Waals surface area (Å²) in [5.74, 6) is 1.67. The predicted octanol–water partition coefficient (Wildman–Crippen LogP) is 4.91. The molecule has 0 N–H and O–H groups in total. The molecule has 160 valence electrons. The van der Waals surface area contributed by atoms with Crippen LogP contribution in [0.15, 0.2) is 29.1 Å². The van der Waals surface area contributed by atoms with Crippen LogP contribution in [0.4, 0.5) is 0 Å². The van der Waals surface area contributed by atoms with Crippen molar-refractivity contribution in [3.8, 4) is 5.75 Å². The van der Waals surface area contributed by atoms with Gasteiger partial charge in [0.1, 0.15) is 16.4 Å². The van der Waals surface area contributed by atoms with Crippen LogP contribution in [0.25, 0.3) is 10.2 Å². The van der Waals surface area contributed by atoms with Gasteiger partial charge in [-0.15, -0.1) is 11.3 Å². The largest absolute Gasteiger partial charge is 0.494 e. The minimum absolute atomic E-state index is 0.134. The molecule has 0 spiro atoms. The van der Waals surface area contributed by atoms with Gasteiger partial charge in [-0.05, 0) is 82.4 Å². The number of unbranched alkanes of at least 4 members (excludes halogenated alkanes) is 1. The molecule has 0 amide bonds. The number of nitrogens with zero attached hydrogens (tertiary/aromatic N) is 3. The van der Waals surface area contributed by atoms with Gasteiger partial charge in [-0.1, -0.05) is 11.6 Å². The quantitative estimate of drug-likeness (QED) is 0.462. The molecule has 0 bridgehead atoms. The average molecular weight is 446 g/mol. The van der Waals surface area contributed by atoms with Crippen LogP contribution in [-0.4, -0.2) is 35.2 Å². The van der Waals surface area contributed by atoms with Crippen LogP contribution in [0.5, 0.6) is 5.75 Å². The lowest BCUT2D eigenvalue weighted by molar-refractivity contribution is 0.301. The summed E-state index contributed by atoms with van der Waals surface area (Å²) in [4.78, 5) is 22.7. The number of fused-ring (bicyclic) bond motifs is 3. The maximum absolute atomic E-state index is 13.4. The lowest BCUT2D eigenvalue weighted by Crippen LogP contribution is -2.28. The molecule has 0 fully saturated rings. The lowest BCUT2D eigenvalue weighted by Gasteiger charge is -2.16. The maximum atomic E-state index is 13.4. The van der Waals surface area contributed by atoms with Crippen molar-refractivity contribution in [2.24, 2.45) is 0 Å². The molecule has 3 aromatic rings.